The lowest BCUT2D eigenvalue weighted by atomic mass is 9.91. The molecule has 0 spiro atoms. The zero-order valence-corrected chi connectivity index (χ0v) is 22.0. The Labute approximate surface area is 222 Å². The van der Waals surface area contributed by atoms with Gasteiger partial charge in [-0.25, -0.2) is 13.2 Å². The molecule has 1 N–H and O–H groups in total. The Morgan fingerprint density at radius 2 is 1.68 bits per heavy atom. The van der Waals surface area contributed by atoms with Crippen molar-refractivity contribution in [3.05, 3.63) is 95.0 Å². The highest BCUT2D eigenvalue weighted by Crippen LogP contribution is 2.27. The summed E-state index contributed by atoms with van der Waals surface area (Å²) in [5.74, 6) is -0.870. The number of carbonyl (C=O) groups is 2. The van der Waals surface area contributed by atoms with E-state index < -0.39 is 28.0 Å². The number of nitrogens with one attached hydrogen (secondary N) is 1. The number of esters is 1. The quantitative estimate of drug-likeness (QED) is 0.398. The third-order valence-corrected chi connectivity index (χ3v) is 8.56. The Morgan fingerprint density at radius 1 is 1.00 bits per heavy atom. The number of hydrogen-bond donors (Lipinski definition) is 1. The van der Waals surface area contributed by atoms with Crippen molar-refractivity contribution in [3.8, 4) is 0 Å². The van der Waals surface area contributed by atoms with Gasteiger partial charge in [-0.2, -0.15) is 4.31 Å². The average molecular weight is 541 g/mol. The van der Waals surface area contributed by atoms with E-state index in [-0.39, 0.29) is 10.5 Å². The molecule has 1 amide bonds. The van der Waals surface area contributed by atoms with E-state index in [2.05, 4.69) is 17.4 Å². The number of sulfonamides is 1. The van der Waals surface area contributed by atoms with Crippen LogP contribution in [0.15, 0.2) is 83.8 Å². The van der Waals surface area contributed by atoms with Crippen molar-refractivity contribution < 1.29 is 22.7 Å². The first-order chi connectivity index (χ1) is 17.7. The summed E-state index contributed by atoms with van der Waals surface area (Å²) in [6.45, 7) is 2.30. The van der Waals surface area contributed by atoms with Crippen LogP contribution in [0.3, 0.4) is 0 Å². The molecule has 194 valence electrons. The molecule has 1 aliphatic heterocycles. The van der Waals surface area contributed by atoms with Crippen molar-refractivity contribution in [2.24, 2.45) is 5.92 Å². The van der Waals surface area contributed by atoms with Gasteiger partial charge >= 0.3 is 5.97 Å². The largest absolute Gasteiger partial charge is 0.449 e. The topological polar surface area (TPSA) is 92.8 Å². The highest BCUT2D eigenvalue weighted by molar-refractivity contribution is 7.89. The van der Waals surface area contributed by atoms with Crippen LogP contribution in [0.2, 0.25) is 5.02 Å². The van der Waals surface area contributed by atoms with E-state index in [1.54, 1.807) is 24.3 Å². The molecule has 0 aliphatic carbocycles. The van der Waals surface area contributed by atoms with Crippen LogP contribution in [0.4, 0.5) is 5.69 Å². The molecule has 0 aromatic heterocycles. The smallest absolute Gasteiger partial charge is 0.338 e. The second-order valence-corrected chi connectivity index (χ2v) is 11.5. The van der Waals surface area contributed by atoms with Crippen LogP contribution >= 0.6 is 11.6 Å². The normalized spacial score (nSPS) is 15.6. The highest BCUT2D eigenvalue weighted by atomic mass is 35.5. The fourth-order valence-corrected chi connectivity index (χ4v) is 5.94. The molecule has 7 nitrogen and oxygen atoms in total. The van der Waals surface area contributed by atoms with Gasteiger partial charge in [-0.3, -0.25) is 4.79 Å². The summed E-state index contributed by atoms with van der Waals surface area (Å²) in [6.07, 6.45) is 1.39. The first-order valence-corrected chi connectivity index (χ1v) is 14.0. The number of halogens is 1. The van der Waals surface area contributed by atoms with Crippen LogP contribution in [0.25, 0.3) is 0 Å². The van der Waals surface area contributed by atoms with Crippen molar-refractivity contribution in [3.63, 3.8) is 0 Å². The molecule has 9 heteroatoms. The lowest BCUT2D eigenvalue weighted by Crippen LogP contribution is -2.39. The number of rotatable bonds is 8. The second-order valence-electron chi connectivity index (χ2n) is 9.11. The first-order valence-electron chi connectivity index (χ1n) is 12.1. The average Bonchev–Trinajstić information content (AvgIpc) is 2.91. The Morgan fingerprint density at radius 3 is 2.35 bits per heavy atom. The van der Waals surface area contributed by atoms with Crippen LogP contribution < -0.4 is 5.32 Å². The lowest BCUT2D eigenvalue weighted by molar-refractivity contribution is -0.123. The highest BCUT2D eigenvalue weighted by Gasteiger charge is 2.30. The predicted octanol–water partition coefficient (Wildman–Crippen LogP) is 5.17. The SMILES string of the molecule is C[C@H](OC(=O)c1cccc(S(=O)(=O)N2CCC(Cc3ccccc3)CC2)c1)C(=O)Nc1ccc(Cl)cc1. The summed E-state index contributed by atoms with van der Waals surface area (Å²) in [7, 11) is -3.77. The molecule has 1 aliphatic rings. The van der Waals surface area contributed by atoms with Gasteiger partial charge in [0.1, 0.15) is 0 Å². The molecule has 0 bridgehead atoms. The molecule has 1 atom stereocenters. The molecule has 0 saturated carbocycles. The third kappa shape index (κ3) is 6.97. The summed E-state index contributed by atoms with van der Waals surface area (Å²) in [5, 5.41) is 3.18. The molecule has 4 rings (SSSR count). The Kier molecular flexibility index (Phi) is 8.63. The minimum Gasteiger partial charge on any atom is -0.449 e. The van der Waals surface area contributed by atoms with Crippen molar-refractivity contribution >= 4 is 39.2 Å². The number of carbonyl (C=O) groups excluding carboxylic acids is 2. The number of anilines is 1. The maximum atomic E-state index is 13.3. The van der Waals surface area contributed by atoms with E-state index in [4.69, 9.17) is 16.3 Å². The molecule has 37 heavy (non-hydrogen) atoms. The third-order valence-electron chi connectivity index (χ3n) is 6.41. The molecule has 1 saturated heterocycles. The molecule has 1 fully saturated rings. The molecular formula is C28H29ClN2O5S. The van der Waals surface area contributed by atoms with Crippen LogP contribution in [0.5, 0.6) is 0 Å². The summed E-state index contributed by atoms with van der Waals surface area (Å²) in [6, 6.07) is 22.5. The molecule has 1 heterocycles. The van der Waals surface area contributed by atoms with Gasteiger partial charge in [-0.05, 0) is 80.1 Å². The van der Waals surface area contributed by atoms with Crippen molar-refractivity contribution in [2.45, 2.75) is 37.2 Å². The number of piperidine rings is 1. The minimum absolute atomic E-state index is 0.0294. The van der Waals surface area contributed by atoms with E-state index in [9.17, 15) is 18.0 Å². The van der Waals surface area contributed by atoms with Gasteiger partial charge in [0.05, 0.1) is 10.5 Å². The minimum atomic E-state index is -3.77. The monoisotopic (exact) mass is 540 g/mol. The van der Waals surface area contributed by atoms with E-state index in [0.29, 0.717) is 29.7 Å². The second kappa shape index (κ2) is 11.9. The maximum absolute atomic E-state index is 13.3. The van der Waals surface area contributed by atoms with Crippen LogP contribution in [-0.2, 0) is 26.0 Å². The standard InChI is InChI=1S/C28H29ClN2O5S/c1-20(27(32)30-25-12-10-24(29)11-13-25)36-28(33)23-8-5-9-26(19-23)37(34,35)31-16-14-22(15-17-31)18-21-6-3-2-4-7-21/h2-13,19-20,22H,14-18H2,1H3,(H,30,32)/t20-/m0/s1. The molecule has 3 aromatic carbocycles. The van der Waals surface area contributed by atoms with Gasteiger partial charge in [0.2, 0.25) is 10.0 Å². The van der Waals surface area contributed by atoms with Crippen molar-refractivity contribution in [1.82, 2.24) is 4.31 Å². The van der Waals surface area contributed by atoms with Crippen LogP contribution in [0.1, 0.15) is 35.7 Å². The van der Waals surface area contributed by atoms with Gasteiger partial charge in [0.25, 0.3) is 5.91 Å². The van der Waals surface area contributed by atoms with Gasteiger partial charge in [-0.1, -0.05) is 48.0 Å². The molecular weight excluding hydrogens is 512 g/mol. The van der Waals surface area contributed by atoms with E-state index in [1.807, 2.05) is 18.2 Å². The Balaban J connectivity index is 1.35. The van der Waals surface area contributed by atoms with Gasteiger partial charge in [0, 0.05) is 23.8 Å². The Hall–Kier alpha value is -3.20. The first kappa shape index (κ1) is 26.9. The number of amides is 1. The van der Waals surface area contributed by atoms with Gasteiger partial charge < -0.3 is 10.1 Å². The predicted molar refractivity (Wildman–Crippen MR) is 143 cm³/mol. The number of ether oxygens (including phenoxy) is 1. The van der Waals surface area contributed by atoms with Crippen molar-refractivity contribution in [1.29, 1.82) is 0 Å². The Bertz CT molecular complexity index is 1340. The number of nitrogens with zero attached hydrogens (tertiary/aromatic N) is 1. The summed E-state index contributed by atoms with van der Waals surface area (Å²) >= 11 is 5.85. The van der Waals surface area contributed by atoms with E-state index in [1.165, 1.54) is 41.1 Å². The molecule has 0 unspecified atom stereocenters. The molecule has 0 radical (unpaired) electrons. The molecule has 3 aromatic rings. The fourth-order valence-electron chi connectivity index (χ4n) is 4.29. The fraction of sp³-hybridized carbons (Fsp3) is 0.286. The van der Waals surface area contributed by atoms with Gasteiger partial charge in [-0.15, -0.1) is 0 Å². The summed E-state index contributed by atoms with van der Waals surface area (Å²) in [5.41, 5.74) is 1.83. The maximum Gasteiger partial charge on any atom is 0.338 e. The van der Waals surface area contributed by atoms with Crippen LogP contribution in [0, 0.1) is 5.92 Å². The zero-order chi connectivity index (χ0) is 26.4. The summed E-state index contributed by atoms with van der Waals surface area (Å²) in [4.78, 5) is 25.1. The number of hydrogen-bond acceptors (Lipinski definition) is 5. The lowest BCUT2D eigenvalue weighted by Gasteiger charge is -2.31. The number of benzene rings is 3. The van der Waals surface area contributed by atoms with E-state index in [0.717, 1.165) is 19.3 Å². The van der Waals surface area contributed by atoms with E-state index >= 15 is 0 Å². The van der Waals surface area contributed by atoms with Crippen molar-refractivity contribution in [2.75, 3.05) is 18.4 Å². The zero-order valence-electron chi connectivity index (χ0n) is 20.5. The van der Waals surface area contributed by atoms with Gasteiger partial charge in [0.15, 0.2) is 6.10 Å². The van der Waals surface area contributed by atoms with Crippen LogP contribution in [-0.4, -0.2) is 43.8 Å². The summed E-state index contributed by atoms with van der Waals surface area (Å²) < 4.78 is 33.3.